The third kappa shape index (κ3) is 3.24. The molecule has 0 saturated heterocycles. The number of hydrogen-bond acceptors (Lipinski definition) is 3. The van der Waals surface area contributed by atoms with Gasteiger partial charge in [0.2, 0.25) is 0 Å². The van der Waals surface area contributed by atoms with Gasteiger partial charge in [0, 0.05) is 6.07 Å². The van der Waals surface area contributed by atoms with E-state index in [1.165, 1.54) is 6.07 Å². The molecule has 0 aliphatic heterocycles. The summed E-state index contributed by atoms with van der Waals surface area (Å²) in [6.07, 6.45) is 0. The normalized spacial score (nSPS) is 10.2. The van der Waals surface area contributed by atoms with Crippen LogP contribution in [0.5, 0.6) is 5.75 Å². The molecule has 6 heteroatoms. The molecule has 0 fully saturated rings. The topological polar surface area (TPSA) is 52.4 Å². The summed E-state index contributed by atoms with van der Waals surface area (Å²) in [4.78, 5) is 10.5. The lowest BCUT2D eigenvalue weighted by molar-refractivity contribution is -0.385. The van der Waals surface area contributed by atoms with Gasteiger partial charge in [-0.2, -0.15) is 0 Å². The van der Waals surface area contributed by atoms with Gasteiger partial charge in [0.25, 0.3) is 5.69 Å². The van der Waals surface area contributed by atoms with Crippen LogP contribution >= 0.6 is 27.5 Å². The van der Waals surface area contributed by atoms with Gasteiger partial charge in [0.15, 0.2) is 0 Å². The molecule has 0 heterocycles. The fourth-order valence-corrected chi connectivity index (χ4v) is 2.20. The van der Waals surface area contributed by atoms with E-state index in [9.17, 15) is 10.1 Å². The molecule has 2 aromatic rings. The molecule has 0 aliphatic carbocycles. The SMILES string of the molecule is O=[N+]([O-])c1cccc(Cl)c1COc1ccccc1Br. The number of ether oxygens (including phenoxy) is 1. The molecular weight excluding hydrogens is 334 g/mol. The standard InChI is InChI=1S/C13H9BrClNO3/c14-10-4-1-2-7-13(10)19-8-9-11(15)5-3-6-12(9)16(17)18/h1-7H,8H2. The van der Waals surface area contributed by atoms with Crippen molar-refractivity contribution in [3.63, 3.8) is 0 Å². The van der Waals surface area contributed by atoms with Crippen molar-refractivity contribution >= 4 is 33.2 Å². The third-order valence-corrected chi connectivity index (χ3v) is 3.51. The Labute approximate surface area is 123 Å². The van der Waals surface area contributed by atoms with Gasteiger partial charge in [0.1, 0.15) is 12.4 Å². The number of nitro benzene ring substituents is 1. The Morgan fingerprint density at radius 3 is 2.63 bits per heavy atom. The monoisotopic (exact) mass is 341 g/mol. The predicted octanol–water partition coefficient (Wildman–Crippen LogP) is 4.59. The van der Waals surface area contributed by atoms with Gasteiger partial charge in [0.05, 0.1) is 20.0 Å². The molecule has 0 N–H and O–H groups in total. The minimum absolute atomic E-state index is 0.0403. The van der Waals surface area contributed by atoms with Crippen molar-refractivity contribution in [2.45, 2.75) is 6.61 Å². The number of rotatable bonds is 4. The number of nitrogens with zero attached hydrogens (tertiary/aromatic N) is 1. The van der Waals surface area contributed by atoms with Crippen LogP contribution in [0, 0.1) is 10.1 Å². The zero-order chi connectivity index (χ0) is 13.8. The van der Waals surface area contributed by atoms with Crippen molar-refractivity contribution in [2.24, 2.45) is 0 Å². The Morgan fingerprint density at radius 1 is 1.21 bits per heavy atom. The van der Waals surface area contributed by atoms with Gasteiger partial charge < -0.3 is 4.74 Å². The van der Waals surface area contributed by atoms with E-state index in [-0.39, 0.29) is 12.3 Å². The molecule has 4 nitrogen and oxygen atoms in total. The Balaban J connectivity index is 2.25. The van der Waals surface area contributed by atoms with E-state index in [4.69, 9.17) is 16.3 Å². The lowest BCUT2D eigenvalue weighted by Crippen LogP contribution is -2.01. The summed E-state index contributed by atoms with van der Waals surface area (Å²) < 4.78 is 6.34. The van der Waals surface area contributed by atoms with Crippen LogP contribution in [0.3, 0.4) is 0 Å². The van der Waals surface area contributed by atoms with Crippen molar-refractivity contribution in [3.8, 4) is 5.75 Å². The first-order chi connectivity index (χ1) is 9.09. The molecular formula is C13H9BrClNO3. The maximum Gasteiger partial charge on any atom is 0.277 e. The van der Waals surface area contributed by atoms with Crippen LogP contribution in [0.2, 0.25) is 5.02 Å². The van der Waals surface area contributed by atoms with Gasteiger partial charge in [-0.05, 0) is 34.1 Å². The van der Waals surface area contributed by atoms with Crippen molar-refractivity contribution in [3.05, 3.63) is 67.6 Å². The van der Waals surface area contributed by atoms with E-state index in [0.717, 1.165) is 4.47 Å². The summed E-state index contributed by atoms with van der Waals surface area (Å²) >= 11 is 9.33. The highest BCUT2D eigenvalue weighted by atomic mass is 79.9. The Hall–Kier alpha value is -1.59. The second kappa shape index (κ2) is 6.04. The number of halogens is 2. The van der Waals surface area contributed by atoms with E-state index in [1.54, 1.807) is 18.2 Å². The largest absolute Gasteiger partial charge is 0.487 e. The summed E-state index contributed by atoms with van der Waals surface area (Å²) in [7, 11) is 0. The van der Waals surface area contributed by atoms with Crippen molar-refractivity contribution in [1.29, 1.82) is 0 Å². The summed E-state index contributed by atoms with van der Waals surface area (Å²) in [6, 6.07) is 11.8. The van der Waals surface area contributed by atoms with Gasteiger partial charge in [-0.25, -0.2) is 0 Å². The third-order valence-electron chi connectivity index (χ3n) is 2.50. The lowest BCUT2D eigenvalue weighted by Gasteiger charge is -2.09. The van der Waals surface area contributed by atoms with Crippen molar-refractivity contribution in [2.75, 3.05) is 0 Å². The Kier molecular flexibility index (Phi) is 4.39. The fourth-order valence-electron chi connectivity index (χ4n) is 1.57. The van der Waals surface area contributed by atoms with E-state index in [0.29, 0.717) is 16.3 Å². The fraction of sp³-hybridized carbons (Fsp3) is 0.0769. The molecule has 0 atom stereocenters. The average Bonchev–Trinajstić information content (AvgIpc) is 2.38. The van der Waals surface area contributed by atoms with Crippen LogP contribution in [0.15, 0.2) is 46.9 Å². The Morgan fingerprint density at radius 2 is 1.95 bits per heavy atom. The molecule has 0 unspecified atom stereocenters. The molecule has 0 bridgehead atoms. The van der Waals surface area contributed by atoms with E-state index < -0.39 is 4.92 Å². The molecule has 0 aromatic heterocycles. The number of nitro groups is 1. The van der Waals surface area contributed by atoms with Crippen LogP contribution in [0.25, 0.3) is 0 Å². The van der Waals surface area contributed by atoms with E-state index in [2.05, 4.69) is 15.9 Å². The quantitative estimate of drug-likeness (QED) is 0.603. The van der Waals surface area contributed by atoms with Crippen LogP contribution in [-0.2, 0) is 6.61 Å². The van der Waals surface area contributed by atoms with Gasteiger partial charge >= 0.3 is 0 Å². The summed E-state index contributed by atoms with van der Waals surface area (Å²) in [5.41, 5.74) is 0.324. The Bertz CT molecular complexity index is 619. The summed E-state index contributed by atoms with van der Waals surface area (Å²) in [5, 5.41) is 11.3. The highest BCUT2D eigenvalue weighted by Gasteiger charge is 2.17. The molecule has 0 aliphatic rings. The number of benzene rings is 2. The molecule has 0 spiro atoms. The highest BCUT2D eigenvalue weighted by molar-refractivity contribution is 9.10. The number of para-hydroxylation sites is 1. The first-order valence-electron chi connectivity index (χ1n) is 5.38. The van der Waals surface area contributed by atoms with Crippen LogP contribution in [0.4, 0.5) is 5.69 Å². The molecule has 2 aromatic carbocycles. The van der Waals surface area contributed by atoms with Crippen LogP contribution in [-0.4, -0.2) is 4.92 Å². The second-order valence-corrected chi connectivity index (χ2v) is 4.98. The minimum Gasteiger partial charge on any atom is -0.487 e. The first-order valence-corrected chi connectivity index (χ1v) is 6.56. The van der Waals surface area contributed by atoms with Gasteiger partial charge in [-0.3, -0.25) is 10.1 Å². The van der Waals surface area contributed by atoms with Crippen LogP contribution in [0.1, 0.15) is 5.56 Å². The molecule has 98 valence electrons. The van der Waals surface area contributed by atoms with Gasteiger partial charge in [-0.15, -0.1) is 0 Å². The molecule has 0 radical (unpaired) electrons. The van der Waals surface area contributed by atoms with E-state index >= 15 is 0 Å². The van der Waals surface area contributed by atoms with Crippen molar-refractivity contribution < 1.29 is 9.66 Å². The number of hydrogen-bond donors (Lipinski definition) is 0. The van der Waals surface area contributed by atoms with E-state index in [1.807, 2.05) is 18.2 Å². The lowest BCUT2D eigenvalue weighted by atomic mass is 10.2. The van der Waals surface area contributed by atoms with Crippen LogP contribution < -0.4 is 4.74 Å². The zero-order valence-electron chi connectivity index (χ0n) is 9.68. The molecule has 0 amide bonds. The van der Waals surface area contributed by atoms with Gasteiger partial charge in [-0.1, -0.05) is 29.8 Å². The molecule has 2 rings (SSSR count). The summed E-state index contributed by atoms with van der Waals surface area (Å²) in [6.45, 7) is 0.0403. The summed E-state index contributed by atoms with van der Waals surface area (Å²) in [5.74, 6) is 0.608. The predicted molar refractivity (Wildman–Crippen MR) is 76.6 cm³/mol. The minimum atomic E-state index is -0.468. The molecule has 19 heavy (non-hydrogen) atoms. The smallest absolute Gasteiger partial charge is 0.277 e. The van der Waals surface area contributed by atoms with Crippen molar-refractivity contribution in [1.82, 2.24) is 0 Å². The molecule has 0 saturated carbocycles. The maximum atomic E-state index is 10.9. The average molecular weight is 343 g/mol. The first kappa shape index (κ1) is 13.8. The second-order valence-electron chi connectivity index (χ2n) is 3.71. The highest BCUT2D eigenvalue weighted by Crippen LogP contribution is 2.30. The zero-order valence-corrected chi connectivity index (χ0v) is 12.0. The maximum absolute atomic E-state index is 10.9.